The van der Waals surface area contributed by atoms with Crippen LogP contribution < -0.4 is 0 Å². The van der Waals surface area contributed by atoms with E-state index in [1.807, 2.05) is 30.3 Å². The number of hydrogen-bond donors (Lipinski definition) is 0. The molecule has 2 unspecified atom stereocenters. The highest BCUT2D eigenvalue weighted by atomic mass is 28.3. The van der Waals surface area contributed by atoms with Gasteiger partial charge in [-0.05, 0) is 12.0 Å². The summed E-state index contributed by atoms with van der Waals surface area (Å²) < 4.78 is 0. The van der Waals surface area contributed by atoms with Crippen molar-refractivity contribution in [3.8, 4) is 0 Å². The third-order valence-electron chi connectivity index (χ3n) is 4.57. The molecule has 2 atom stereocenters. The molecule has 106 valence electrons. The van der Waals surface area contributed by atoms with Gasteiger partial charge in [0.2, 0.25) is 0 Å². The van der Waals surface area contributed by atoms with Gasteiger partial charge >= 0.3 is 0 Å². The maximum atomic E-state index is 12.6. The van der Waals surface area contributed by atoms with Crippen LogP contribution in [-0.2, 0) is 21.0 Å². The van der Waals surface area contributed by atoms with E-state index in [1.54, 1.807) is 0 Å². The van der Waals surface area contributed by atoms with Crippen LogP contribution in [0.1, 0.15) is 12.0 Å². The van der Waals surface area contributed by atoms with Gasteiger partial charge in [-0.15, -0.1) is 0 Å². The molecule has 2 aliphatic rings. The Kier molecular flexibility index (Phi) is 2.88. The maximum Gasteiger partial charge on any atom is 0.257 e. The Balaban J connectivity index is 1.74. The molecule has 5 heteroatoms. The molecule has 1 aromatic rings. The van der Waals surface area contributed by atoms with Gasteiger partial charge in [0.05, 0.1) is 19.0 Å². The summed E-state index contributed by atoms with van der Waals surface area (Å²) in [5, 5.41) is 0.625. The summed E-state index contributed by atoms with van der Waals surface area (Å²) in [4.78, 5) is 30.3. The van der Waals surface area contributed by atoms with Crippen molar-refractivity contribution in [3.63, 3.8) is 0 Å². The Morgan fingerprint density at radius 1 is 1.25 bits per heavy atom. The lowest BCUT2D eigenvalue weighted by molar-refractivity contribution is -0.194. The topological polar surface area (TPSA) is 46.6 Å². The summed E-state index contributed by atoms with van der Waals surface area (Å²) in [6, 6.07) is 9.58. The third-order valence-corrected chi connectivity index (χ3v) is 8.01. The normalized spacial score (nSPS) is 28.8. The van der Waals surface area contributed by atoms with E-state index in [1.165, 1.54) is 0 Å². The number of imide groups is 1. The molecule has 0 spiro atoms. The molecule has 3 rings (SSSR count). The Morgan fingerprint density at radius 2 is 1.90 bits per heavy atom. The molecule has 20 heavy (non-hydrogen) atoms. The van der Waals surface area contributed by atoms with Gasteiger partial charge in [0.1, 0.15) is 6.61 Å². The zero-order valence-electron chi connectivity index (χ0n) is 12.1. The predicted molar refractivity (Wildman–Crippen MR) is 77.2 cm³/mol. The molecule has 0 radical (unpaired) electrons. The van der Waals surface area contributed by atoms with Gasteiger partial charge in [-0.3, -0.25) is 14.4 Å². The second-order valence-corrected chi connectivity index (χ2v) is 12.1. The Hall–Kier alpha value is -1.46. The molecule has 2 fully saturated rings. The molecule has 1 aliphatic heterocycles. The number of fused-ring (bicyclic) bond motifs is 1. The van der Waals surface area contributed by atoms with Crippen molar-refractivity contribution >= 4 is 19.9 Å². The molecule has 0 bridgehead atoms. The van der Waals surface area contributed by atoms with Crippen molar-refractivity contribution < 1.29 is 14.4 Å². The predicted octanol–water partition coefficient (Wildman–Crippen LogP) is 2.59. The number of carbonyl (C=O) groups excluding carboxylic acids is 2. The van der Waals surface area contributed by atoms with Crippen LogP contribution in [0.5, 0.6) is 0 Å². The van der Waals surface area contributed by atoms with Crippen LogP contribution >= 0.6 is 0 Å². The summed E-state index contributed by atoms with van der Waals surface area (Å²) in [6.45, 7) is 6.71. The standard InChI is InChI=1S/C15H19NO3Si/c1-20(2,3)15-9-12(15)13(17)16(14(15)18)19-10-11-7-5-4-6-8-11/h4-8,12H,9-10H2,1-3H3. The fourth-order valence-corrected chi connectivity index (χ4v) is 5.93. The van der Waals surface area contributed by atoms with Crippen LogP contribution in [0, 0.1) is 5.92 Å². The highest BCUT2D eigenvalue weighted by Gasteiger charge is 2.77. The summed E-state index contributed by atoms with van der Waals surface area (Å²) in [5.41, 5.74) is 0.954. The summed E-state index contributed by atoms with van der Waals surface area (Å²) >= 11 is 0. The zero-order valence-corrected chi connectivity index (χ0v) is 13.1. The van der Waals surface area contributed by atoms with Crippen molar-refractivity contribution in [2.45, 2.75) is 37.7 Å². The molecule has 1 heterocycles. The Labute approximate surface area is 119 Å². The lowest BCUT2D eigenvalue weighted by Gasteiger charge is -2.26. The largest absolute Gasteiger partial charge is 0.272 e. The molecular weight excluding hydrogens is 270 g/mol. The third kappa shape index (κ3) is 1.77. The number of piperidine rings is 1. The monoisotopic (exact) mass is 289 g/mol. The Morgan fingerprint density at radius 3 is 2.45 bits per heavy atom. The van der Waals surface area contributed by atoms with E-state index in [2.05, 4.69) is 19.6 Å². The van der Waals surface area contributed by atoms with Crippen molar-refractivity contribution in [2.24, 2.45) is 5.92 Å². The quantitative estimate of drug-likeness (QED) is 0.632. The highest BCUT2D eigenvalue weighted by molar-refractivity contribution is 6.84. The number of hydroxylamine groups is 2. The van der Waals surface area contributed by atoms with Gasteiger partial charge in [-0.25, -0.2) is 0 Å². The first-order valence-corrected chi connectivity index (χ1v) is 10.4. The second kappa shape index (κ2) is 4.26. The minimum absolute atomic E-state index is 0.109. The second-order valence-electron chi connectivity index (χ2n) is 6.67. The van der Waals surface area contributed by atoms with Gasteiger partial charge in [0, 0.05) is 0 Å². The number of carbonyl (C=O) groups is 2. The van der Waals surface area contributed by atoms with Crippen LogP contribution in [0.3, 0.4) is 0 Å². The van der Waals surface area contributed by atoms with Crippen LogP contribution in [0.25, 0.3) is 0 Å². The molecule has 2 amide bonds. The molecule has 1 saturated heterocycles. The minimum Gasteiger partial charge on any atom is -0.272 e. The first-order chi connectivity index (χ1) is 9.38. The van der Waals surface area contributed by atoms with E-state index in [4.69, 9.17) is 4.84 Å². The SMILES string of the molecule is C[Si](C)(C)C12CC1C(=O)N(OCc1ccccc1)C2=O. The van der Waals surface area contributed by atoms with Crippen molar-refractivity contribution in [3.05, 3.63) is 35.9 Å². The van der Waals surface area contributed by atoms with Crippen molar-refractivity contribution in [1.82, 2.24) is 5.06 Å². The van der Waals surface area contributed by atoms with Gasteiger partial charge < -0.3 is 0 Å². The first-order valence-electron chi connectivity index (χ1n) is 6.93. The van der Waals surface area contributed by atoms with Crippen LogP contribution in [0.15, 0.2) is 30.3 Å². The van der Waals surface area contributed by atoms with Crippen LogP contribution in [-0.4, -0.2) is 25.0 Å². The molecular formula is C15H19NO3Si. The smallest absolute Gasteiger partial charge is 0.257 e. The molecule has 0 N–H and O–H groups in total. The van der Waals surface area contributed by atoms with Gasteiger partial charge in [-0.1, -0.05) is 50.0 Å². The van der Waals surface area contributed by atoms with E-state index < -0.39 is 13.1 Å². The van der Waals surface area contributed by atoms with Crippen molar-refractivity contribution in [1.29, 1.82) is 0 Å². The lowest BCUT2D eigenvalue weighted by atomic mass is 10.2. The molecule has 4 nitrogen and oxygen atoms in total. The molecule has 1 aliphatic carbocycles. The lowest BCUT2D eigenvalue weighted by Crippen LogP contribution is -2.41. The molecule has 1 aromatic carbocycles. The first kappa shape index (κ1) is 13.5. The fraction of sp³-hybridized carbons (Fsp3) is 0.467. The van der Waals surface area contributed by atoms with E-state index in [-0.39, 0.29) is 24.3 Å². The van der Waals surface area contributed by atoms with E-state index >= 15 is 0 Å². The average molecular weight is 289 g/mol. The van der Waals surface area contributed by atoms with E-state index in [0.29, 0.717) is 0 Å². The average Bonchev–Trinajstić information content (AvgIpc) is 3.11. The van der Waals surface area contributed by atoms with Crippen LogP contribution in [0.4, 0.5) is 0 Å². The zero-order chi connectivity index (χ0) is 14.5. The Bertz CT molecular complexity index is 566. The number of amides is 2. The van der Waals surface area contributed by atoms with E-state index in [9.17, 15) is 9.59 Å². The summed E-state index contributed by atoms with van der Waals surface area (Å²) in [5.74, 6) is -0.381. The van der Waals surface area contributed by atoms with Crippen LogP contribution in [0.2, 0.25) is 24.7 Å². The number of benzene rings is 1. The fourth-order valence-electron chi connectivity index (χ4n) is 3.21. The van der Waals surface area contributed by atoms with Gasteiger partial charge in [0.15, 0.2) is 0 Å². The van der Waals surface area contributed by atoms with Gasteiger partial charge in [0.25, 0.3) is 11.8 Å². The van der Waals surface area contributed by atoms with Gasteiger partial charge in [-0.2, -0.15) is 5.06 Å². The highest BCUT2D eigenvalue weighted by Crippen LogP contribution is 2.70. The number of nitrogens with zero attached hydrogens (tertiary/aromatic N) is 1. The van der Waals surface area contributed by atoms with Crippen molar-refractivity contribution in [2.75, 3.05) is 0 Å². The number of hydrogen-bond acceptors (Lipinski definition) is 3. The molecule has 1 saturated carbocycles. The minimum atomic E-state index is -1.72. The summed E-state index contributed by atoms with van der Waals surface area (Å²) in [7, 11) is -1.72. The van der Waals surface area contributed by atoms with E-state index in [0.717, 1.165) is 17.0 Å². The molecule has 0 aromatic heterocycles. The summed E-state index contributed by atoms with van der Waals surface area (Å²) in [6.07, 6.45) is 0.728. The maximum absolute atomic E-state index is 12.6. The number of rotatable bonds is 4.